The Labute approximate surface area is 88.5 Å². The smallest absolute Gasteiger partial charge is 0.0924 e. The molecule has 3 heteroatoms. The van der Waals surface area contributed by atoms with Crippen LogP contribution in [0.2, 0.25) is 5.02 Å². The van der Waals surface area contributed by atoms with Gasteiger partial charge in [-0.15, -0.1) is 0 Å². The largest absolute Gasteiger partial charge is 0.266 e. The van der Waals surface area contributed by atoms with E-state index in [1.54, 1.807) is 0 Å². The van der Waals surface area contributed by atoms with E-state index in [0.29, 0.717) is 0 Å². The van der Waals surface area contributed by atoms with Gasteiger partial charge in [-0.25, -0.2) is 0 Å². The van der Waals surface area contributed by atoms with Gasteiger partial charge in [-0.05, 0) is 39.0 Å². The van der Waals surface area contributed by atoms with Crippen molar-refractivity contribution in [1.29, 1.82) is 0 Å². The number of benzene rings is 1. The van der Waals surface area contributed by atoms with Crippen molar-refractivity contribution >= 4 is 22.5 Å². The van der Waals surface area contributed by atoms with Crippen LogP contribution in [0.5, 0.6) is 0 Å². The number of rotatable bonds is 0. The van der Waals surface area contributed by atoms with Gasteiger partial charge in [0.25, 0.3) is 0 Å². The highest BCUT2D eigenvalue weighted by Crippen LogP contribution is 2.21. The lowest BCUT2D eigenvalue weighted by Crippen LogP contribution is -2.21. The third kappa shape index (κ3) is 1.62. The number of nitrogens with zero attached hydrogens (tertiary/aromatic N) is 2. The Bertz CT molecular complexity index is 466. The van der Waals surface area contributed by atoms with Crippen LogP contribution in [0.1, 0.15) is 20.8 Å². The SMILES string of the molecule is CC(C)(C)n1cc2cc(Cl)ccc2n1. The summed E-state index contributed by atoms with van der Waals surface area (Å²) in [6.07, 6.45) is 2.03. The van der Waals surface area contributed by atoms with Gasteiger partial charge in [-0.3, -0.25) is 4.68 Å². The molecule has 2 rings (SSSR count). The molecular weight excluding hydrogens is 196 g/mol. The molecule has 2 aromatic rings. The van der Waals surface area contributed by atoms with Crippen molar-refractivity contribution in [3.63, 3.8) is 0 Å². The monoisotopic (exact) mass is 208 g/mol. The molecule has 14 heavy (non-hydrogen) atoms. The van der Waals surface area contributed by atoms with Crippen molar-refractivity contribution in [3.8, 4) is 0 Å². The molecule has 0 aliphatic heterocycles. The first-order valence-corrected chi connectivity index (χ1v) is 5.00. The predicted molar refractivity (Wildman–Crippen MR) is 59.7 cm³/mol. The highest BCUT2D eigenvalue weighted by Gasteiger charge is 2.14. The molecule has 2 nitrogen and oxygen atoms in total. The maximum absolute atomic E-state index is 5.91. The van der Waals surface area contributed by atoms with Gasteiger partial charge in [0.05, 0.1) is 11.1 Å². The van der Waals surface area contributed by atoms with Gasteiger partial charge in [-0.1, -0.05) is 11.6 Å². The Balaban J connectivity index is 2.63. The maximum atomic E-state index is 5.91. The number of aromatic nitrogens is 2. The van der Waals surface area contributed by atoms with Crippen molar-refractivity contribution in [2.75, 3.05) is 0 Å². The zero-order valence-corrected chi connectivity index (χ0v) is 9.34. The molecule has 74 valence electrons. The summed E-state index contributed by atoms with van der Waals surface area (Å²) in [4.78, 5) is 0. The number of fused-ring (bicyclic) bond motifs is 1. The molecule has 0 atom stereocenters. The average Bonchev–Trinajstić information content (AvgIpc) is 2.45. The van der Waals surface area contributed by atoms with Crippen molar-refractivity contribution < 1.29 is 0 Å². The molecule has 0 amide bonds. The summed E-state index contributed by atoms with van der Waals surface area (Å²) in [5.41, 5.74) is 1.01. The third-order valence-electron chi connectivity index (χ3n) is 2.15. The van der Waals surface area contributed by atoms with E-state index in [1.165, 1.54) is 0 Å². The van der Waals surface area contributed by atoms with Crippen LogP contribution in [0, 0.1) is 0 Å². The minimum absolute atomic E-state index is 0.0193. The van der Waals surface area contributed by atoms with E-state index >= 15 is 0 Å². The van der Waals surface area contributed by atoms with Crippen LogP contribution in [0.15, 0.2) is 24.4 Å². The van der Waals surface area contributed by atoms with Crippen LogP contribution in [0.3, 0.4) is 0 Å². The topological polar surface area (TPSA) is 17.8 Å². The second-order valence-electron chi connectivity index (χ2n) is 4.45. The molecule has 1 aromatic carbocycles. The van der Waals surface area contributed by atoms with E-state index in [1.807, 2.05) is 29.1 Å². The Morgan fingerprint density at radius 2 is 2.00 bits per heavy atom. The zero-order chi connectivity index (χ0) is 10.3. The zero-order valence-electron chi connectivity index (χ0n) is 8.58. The highest BCUT2D eigenvalue weighted by atomic mass is 35.5. The molecule has 0 fully saturated rings. The lowest BCUT2D eigenvalue weighted by atomic mass is 10.1. The fourth-order valence-corrected chi connectivity index (χ4v) is 1.52. The quantitative estimate of drug-likeness (QED) is 0.649. The molecular formula is C11H13ClN2. The minimum Gasteiger partial charge on any atom is -0.266 e. The standard InChI is InChI=1S/C11H13ClN2/c1-11(2,3)14-7-8-6-9(12)4-5-10(8)13-14/h4-7H,1-3H3. The Morgan fingerprint density at radius 1 is 1.29 bits per heavy atom. The van der Waals surface area contributed by atoms with Gasteiger partial charge in [-0.2, -0.15) is 5.10 Å². The summed E-state index contributed by atoms with van der Waals surface area (Å²) >= 11 is 5.91. The lowest BCUT2D eigenvalue weighted by molar-refractivity contribution is 0.358. The fourth-order valence-electron chi connectivity index (χ4n) is 1.34. The second-order valence-corrected chi connectivity index (χ2v) is 4.88. The molecule has 0 N–H and O–H groups in total. The first-order chi connectivity index (χ1) is 6.47. The fraction of sp³-hybridized carbons (Fsp3) is 0.364. The second kappa shape index (κ2) is 2.99. The van der Waals surface area contributed by atoms with E-state index < -0.39 is 0 Å². The number of halogens is 1. The van der Waals surface area contributed by atoms with E-state index in [4.69, 9.17) is 11.6 Å². The van der Waals surface area contributed by atoms with Crippen LogP contribution in [0.4, 0.5) is 0 Å². The summed E-state index contributed by atoms with van der Waals surface area (Å²) in [6.45, 7) is 6.38. The Hall–Kier alpha value is -1.02. The first-order valence-electron chi connectivity index (χ1n) is 4.62. The normalized spacial score (nSPS) is 12.3. The summed E-state index contributed by atoms with van der Waals surface area (Å²) in [5, 5.41) is 6.33. The lowest BCUT2D eigenvalue weighted by Gasteiger charge is -2.18. The van der Waals surface area contributed by atoms with E-state index in [2.05, 4.69) is 25.9 Å². The van der Waals surface area contributed by atoms with Gasteiger partial charge in [0, 0.05) is 16.6 Å². The van der Waals surface area contributed by atoms with Crippen molar-refractivity contribution in [2.24, 2.45) is 0 Å². The summed E-state index contributed by atoms with van der Waals surface area (Å²) in [6, 6.07) is 5.75. The average molecular weight is 209 g/mol. The van der Waals surface area contributed by atoms with Gasteiger partial charge in [0.1, 0.15) is 0 Å². The molecule has 0 aliphatic rings. The predicted octanol–water partition coefficient (Wildman–Crippen LogP) is 3.44. The van der Waals surface area contributed by atoms with E-state index in [0.717, 1.165) is 15.9 Å². The minimum atomic E-state index is 0.0193. The van der Waals surface area contributed by atoms with Crippen LogP contribution >= 0.6 is 11.6 Å². The molecule has 1 aromatic heterocycles. The van der Waals surface area contributed by atoms with Crippen LogP contribution < -0.4 is 0 Å². The van der Waals surface area contributed by atoms with Crippen molar-refractivity contribution in [3.05, 3.63) is 29.4 Å². The highest BCUT2D eigenvalue weighted by molar-refractivity contribution is 6.31. The van der Waals surface area contributed by atoms with Crippen LogP contribution in [-0.2, 0) is 5.54 Å². The first kappa shape index (κ1) is 9.53. The maximum Gasteiger partial charge on any atom is 0.0924 e. The molecule has 0 spiro atoms. The summed E-state index contributed by atoms with van der Waals surface area (Å²) < 4.78 is 1.97. The van der Waals surface area contributed by atoms with Gasteiger partial charge < -0.3 is 0 Å². The Morgan fingerprint density at radius 3 is 2.64 bits per heavy atom. The van der Waals surface area contributed by atoms with Gasteiger partial charge in [0.15, 0.2) is 0 Å². The van der Waals surface area contributed by atoms with Gasteiger partial charge >= 0.3 is 0 Å². The Kier molecular flexibility index (Phi) is 2.04. The molecule has 0 unspecified atom stereocenters. The van der Waals surface area contributed by atoms with Crippen molar-refractivity contribution in [1.82, 2.24) is 9.78 Å². The van der Waals surface area contributed by atoms with E-state index in [-0.39, 0.29) is 5.54 Å². The number of hydrogen-bond donors (Lipinski definition) is 0. The molecule has 0 saturated carbocycles. The number of hydrogen-bond acceptors (Lipinski definition) is 1. The summed E-state index contributed by atoms with van der Waals surface area (Å²) in [5.74, 6) is 0. The molecule has 0 aliphatic carbocycles. The summed E-state index contributed by atoms with van der Waals surface area (Å²) in [7, 11) is 0. The molecule has 0 radical (unpaired) electrons. The van der Waals surface area contributed by atoms with Crippen molar-refractivity contribution in [2.45, 2.75) is 26.3 Å². The third-order valence-corrected chi connectivity index (χ3v) is 2.39. The van der Waals surface area contributed by atoms with Gasteiger partial charge in [0.2, 0.25) is 0 Å². The van der Waals surface area contributed by atoms with Crippen LogP contribution in [-0.4, -0.2) is 9.78 Å². The molecule has 0 saturated heterocycles. The molecule has 1 heterocycles. The molecule has 0 bridgehead atoms. The van der Waals surface area contributed by atoms with Crippen LogP contribution in [0.25, 0.3) is 10.9 Å². The van der Waals surface area contributed by atoms with E-state index in [9.17, 15) is 0 Å².